The maximum atomic E-state index is 12.5. The van der Waals surface area contributed by atoms with Crippen LogP contribution in [-0.4, -0.2) is 21.8 Å². The molecule has 5 heteroatoms. The fourth-order valence-corrected chi connectivity index (χ4v) is 5.12. The van der Waals surface area contributed by atoms with E-state index in [1.165, 1.54) is 15.0 Å². The van der Waals surface area contributed by atoms with Gasteiger partial charge in [0, 0.05) is 39.9 Å². The quantitative estimate of drug-likeness (QED) is 0.302. The molecular weight excluding hydrogens is 426 g/mol. The molecule has 0 radical (unpaired) electrons. The van der Waals surface area contributed by atoms with E-state index in [4.69, 9.17) is 4.98 Å². The van der Waals surface area contributed by atoms with Crippen LogP contribution in [0.1, 0.15) is 26.0 Å². The summed E-state index contributed by atoms with van der Waals surface area (Å²) in [7, 11) is 0. The lowest BCUT2D eigenvalue weighted by molar-refractivity contribution is -0.121. The molecule has 0 saturated heterocycles. The van der Waals surface area contributed by atoms with Crippen molar-refractivity contribution in [2.75, 3.05) is 6.54 Å². The molecule has 166 valence electrons. The van der Waals surface area contributed by atoms with Crippen LogP contribution in [0.5, 0.6) is 0 Å². The summed E-state index contributed by atoms with van der Waals surface area (Å²) >= 11 is 1.80. The van der Waals surface area contributed by atoms with Crippen LogP contribution in [0.15, 0.2) is 79.0 Å². The Morgan fingerprint density at radius 3 is 2.58 bits per heavy atom. The van der Waals surface area contributed by atoms with Gasteiger partial charge in [-0.05, 0) is 42.0 Å². The average molecular weight is 454 g/mol. The fourth-order valence-electron chi connectivity index (χ4n) is 4.07. The van der Waals surface area contributed by atoms with Gasteiger partial charge in [0.15, 0.2) is 0 Å². The maximum absolute atomic E-state index is 12.5. The summed E-state index contributed by atoms with van der Waals surface area (Å²) in [6.07, 6.45) is 3.24. The number of aryl methyl sites for hydroxylation is 1. The Balaban J connectivity index is 1.55. The number of hydrogen-bond acceptors (Lipinski definition) is 3. The Bertz CT molecular complexity index is 1380. The van der Waals surface area contributed by atoms with Gasteiger partial charge in [0.25, 0.3) is 0 Å². The second-order valence-corrected chi connectivity index (χ2v) is 9.85. The van der Waals surface area contributed by atoms with Gasteiger partial charge in [0.2, 0.25) is 5.91 Å². The number of pyridine rings is 1. The fraction of sp³-hybridized carbons (Fsp3) is 0.214. The summed E-state index contributed by atoms with van der Waals surface area (Å²) < 4.78 is 3.45. The van der Waals surface area contributed by atoms with E-state index in [1.54, 1.807) is 11.3 Å². The lowest BCUT2D eigenvalue weighted by Crippen LogP contribution is -2.27. The Hall–Kier alpha value is -3.44. The largest absolute Gasteiger partial charge is 0.356 e. The van der Waals surface area contributed by atoms with Gasteiger partial charge >= 0.3 is 0 Å². The molecule has 3 aromatic heterocycles. The molecule has 4 nitrogen and oxygen atoms in total. The molecule has 1 N–H and O–H groups in total. The number of rotatable bonds is 7. The van der Waals surface area contributed by atoms with Crippen LogP contribution in [0.3, 0.4) is 0 Å². The zero-order valence-electron chi connectivity index (χ0n) is 18.9. The number of fused-ring (bicyclic) bond motifs is 2. The molecule has 3 heterocycles. The number of hydrogen-bond donors (Lipinski definition) is 1. The van der Waals surface area contributed by atoms with Gasteiger partial charge in [-0.25, -0.2) is 4.98 Å². The van der Waals surface area contributed by atoms with E-state index in [1.807, 2.05) is 18.2 Å². The van der Waals surface area contributed by atoms with Gasteiger partial charge in [-0.1, -0.05) is 62.4 Å². The van der Waals surface area contributed by atoms with Crippen molar-refractivity contribution in [1.82, 2.24) is 14.7 Å². The summed E-state index contributed by atoms with van der Waals surface area (Å²) in [5.74, 6) is 0.520. The molecule has 0 saturated carbocycles. The summed E-state index contributed by atoms with van der Waals surface area (Å²) in [5, 5.41) is 4.30. The normalized spacial score (nSPS) is 11.5. The smallest absolute Gasteiger partial charge is 0.220 e. The van der Waals surface area contributed by atoms with Gasteiger partial charge in [-0.3, -0.25) is 4.79 Å². The first-order chi connectivity index (χ1) is 16.1. The van der Waals surface area contributed by atoms with Gasteiger partial charge in [-0.2, -0.15) is 0 Å². The zero-order valence-corrected chi connectivity index (χ0v) is 19.7. The van der Waals surface area contributed by atoms with Crippen molar-refractivity contribution in [3.8, 4) is 21.7 Å². The molecule has 0 aliphatic carbocycles. The van der Waals surface area contributed by atoms with Crippen LogP contribution in [0.4, 0.5) is 0 Å². The van der Waals surface area contributed by atoms with Crippen LogP contribution in [0.25, 0.3) is 37.4 Å². The van der Waals surface area contributed by atoms with Crippen molar-refractivity contribution in [2.45, 2.75) is 26.7 Å². The first-order valence-corrected chi connectivity index (χ1v) is 12.2. The predicted molar refractivity (Wildman–Crippen MR) is 138 cm³/mol. The van der Waals surface area contributed by atoms with E-state index >= 15 is 0 Å². The third-order valence-electron chi connectivity index (χ3n) is 5.77. The van der Waals surface area contributed by atoms with Crippen LogP contribution in [-0.2, 0) is 11.2 Å². The summed E-state index contributed by atoms with van der Waals surface area (Å²) in [5.41, 5.74) is 5.14. The molecule has 0 unspecified atom stereocenters. The minimum absolute atomic E-state index is 0.0818. The molecule has 2 aromatic carbocycles. The minimum atomic E-state index is 0.0818. The first kappa shape index (κ1) is 21.4. The number of amides is 1. The van der Waals surface area contributed by atoms with Gasteiger partial charge < -0.3 is 9.72 Å². The Kier molecular flexibility index (Phi) is 5.97. The topological polar surface area (TPSA) is 46.4 Å². The first-order valence-electron chi connectivity index (χ1n) is 11.4. The number of imidazole rings is 1. The average Bonchev–Trinajstić information content (AvgIpc) is 3.43. The molecular formula is C28H27N3OS. The van der Waals surface area contributed by atoms with Crippen molar-refractivity contribution in [2.24, 2.45) is 5.92 Å². The molecule has 0 aliphatic heterocycles. The van der Waals surface area contributed by atoms with Gasteiger partial charge in [0.1, 0.15) is 5.65 Å². The number of carbonyl (C=O) groups is 1. The number of aromatic nitrogens is 2. The Morgan fingerprint density at radius 2 is 1.79 bits per heavy atom. The highest BCUT2D eigenvalue weighted by Crippen LogP contribution is 2.34. The molecule has 5 aromatic rings. The summed E-state index contributed by atoms with van der Waals surface area (Å²) in [6.45, 7) is 4.91. The number of benzene rings is 2. The Morgan fingerprint density at radius 1 is 1.00 bits per heavy atom. The molecule has 5 rings (SSSR count). The van der Waals surface area contributed by atoms with E-state index < -0.39 is 0 Å². The monoisotopic (exact) mass is 453 g/mol. The van der Waals surface area contributed by atoms with Crippen molar-refractivity contribution in [3.05, 3.63) is 84.7 Å². The second kappa shape index (κ2) is 9.20. The van der Waals surface area contributed by atoms with Crippen molar-refractivity contribution >= 4 is 33.0 Å². The molecule has 33 heavy (non-hydrogen) atoms. The SMILES string of the molecule is CC(C)CNC(=O)CCc1c(-c2ccccc2)nc2ccc(-c3cc4ccccc4s3)cn12. The van der Waals surface area contributed by atoms with Crippen molar-refractivity contribution in [3.63, 3.8) is 0 Å². The third kappa shape index (κ3) is 4.55. The minimum Gasteiger partial charge on any atom is -0.356 e. The van der Waals surface area contributed by atoms with Crippen LogP contribution in [0.2, 0.25) is 0 Å². The highest BCUT2D eigenvalue weighted by molar-refractivity contribution is 7.22. The summed E-state index contributed by atoms with van der Waals surface area (Å²) in [6, 6.07) is 25.2. The lowest BCUT2D eigenvalue weighted by Gasteiger charge is -2.09. The summed E-state index contributed by atoms with van der Waals surface area (Å²) in [4.78, 5) is 18.7. The number of nitrogens with zero attached hydrogens (tertiary/aromatic N) is 2. The van der Waals surface area contributed by atoms with E-state index in [0.717, 1.165) is 28.2 Å². The van der Waals surface area contributed by atoms with E-state index in [2.05, 4.69) is 84.4 Å². The maximum Gasteiger partial charge on any atom is 0.220 e. The molecule has 1 amide bonds. The van der Waals surface area contributed by atoms with E-state index in [9.17, 15) is 4.79 Å². The second-order valence-electron chi connectivity index (χ2n) is 8.77. The van der Waals surface area contributed by atoms with Crippen molar-refractivity contribution < 1.29 is 4.79 Å². The molecule has 0 fully saturated rings. The lowest BCUT2D eigenvalue weighted by atomic mass is 10.1. The Labute approximate surface area is 197 Å². The predicted octanol–water partition coefficient (Wildman–Crippen LogP) is 6.59. The molecule has 0 atom stereocenters. The third-order valence-corrected chi connectivity index (χ3v) is 6.94. The van der Waals surface area contributed by atoms with Crippen LogP contribution >= 0.6 is 11.3 Å². The van der Waals surface area contributed by atoms with E-state index in [0.29, 0.717) is 25.3 Å². The van der Waals surface area contributed by atoms with E-state index in [-0.39, 0.29) is 5.91 Å². The van der Waals surface area contributed by atoms with Crippen LogP contribution < -0.4 is 5.32 Å². The molecule has 0 spiro atoms. The molecule has 0 aliphatic rings. The van der Waals surface area contributed by atoms with Crippen LogP contribution in [0, 0.1) is 5.92 Å². The number of thiophene rings is 1. The van der Waals surface area contributed by atoms with Crippen molar-refractivity contribution in [1.29, 1.82) is 0 Å². The zero-order chi connectivity index (χ0) is 22.8. The van der Waals surface area contributed by atoms with Gasteiger partial charge in [-0.15, -0.1) is 11.3 Å². The number of nitrogens with one attached hydrogen (secondary N) is 1. The van der Waals surface area contributed by atoms with Gasteiger partial charge in [0.05, 0.1) is 11.4 Å². The molecule has 0 bridgehead atoms. The standard InChI is InChI=1S/C28H27N3OS/c1-19(2)17-29-27(32)15-13-23-28(20-8-4-3-5-9-20)30-26-14-12-22(18-31(23)26)25-16-21-10-6-7-11-24(21)33-25/h3-12,14,16,18-19H,13,15,17H2,1-2H3,(H,29,32). The highest BCUT2D eigenvalue weighted by atomic mass is 32.1. The number of carbonyl (C=O) groups excluding carboxylic acids is 1. The highest BCUT2D eigenvalue weighted by Gasteiger charge is 2.16.